The highest BCUT2D eigenvalue weighted by atomic mass is 16.2. The van der Waals surface area contributed by atoms with Gasteiger partial charge in [-0.2, -0.15) is 0 Å². The normalized spacial score (nSPS) is 13.2. The lowest BCUT2D eigenvalue weighted by atomic mass is 10.1. The number of hydrogen-bond donors (Lipinski definition) is 0. The number of hydrogen-bond acceptors (Lipinski definition) is 1. The largest absolute Gasteiger partial charge is 0.338 e. The maximum atomic E-state index is 12.4. The molecule has 0 saturated heterocycles. The first-order valence-electron chi connectivity index (χ1n) is 8.35. The van der Waals surface area contributed by atoms with Crippen LogP contribution in [0.15, 0.2) is 23.3 Å². The molecule has 0 saturated carbocycles. The molecule has 0 aliphatic rings. The first kappa shape index (κ1) is 19.9. The van der Waals surface area contributed by atoms with Crippen molar-refractivity contribution in [3.63, 3.8) is 0 Å². The Bertz CT molecular complexity index is 362. The Morgan fingerprint density at radius 1 is 1.10 bits per heavy atom. The van der Waals surface area contributed by atoms with Crippen molar-refractivity contribution in [1.29, 1.82) is 0 Å². The van der Waals surface area contributed by atoms with Gasteiger partial charge in [0.05, 0.1) is 0 Å². The van der Waals surface area contributed by atoms with Crippen molar-refractivity contribution >= 4 is 5.91 Å². The van der Waals surface area contributed by atoms with Gasteiger partial charge in [-0.25, -0.2) is 0 Å². The highest BCUT2D eigenvalue weighted by Gasteiger charge is 2.18. The molecule has 21 heavy (non-hydrogen) atoms. The van der Waals surface area contributed by atoms with Crippen LogP contribution in [0, 0.1) is 11.8 Å². The van der Waals surface area contributed by atoms with Gasteiger partial charge in [-0.3, -0.25) is 4.79 Å². The SMILES string of the molecule is CCC(C)C(=O)N(CC=C(C)CCC=C(C)C)CC(C)C. The van der Waals surface area contributed by atoms with E-state index in [9.17, 15) is 4.79 Å². The van der Waals surface area contributed by atoms with E-state index < -0.39 is 0 Å². The second-order valence-corrected chi connectivity index (χ2v) is 6.82. The Labute approximate surface area is 132 Å². The number of rotatable bonds is 9. The van der Waals surface area contributed by atoms with Crippen molar-refractivity contribution < 1.29 is 4.79 Å². The van der Waals surface area contributed by atoms with Crippen LogP contribution in [0.25, 0.3) is 0 Å². The second kappa shape index (κ2) is 10.6. The molecule has 0 spiro atoms. The molecule has 0 bridgehead atoms. The van der Waals surface area contributed by atoms with E-state index in [1.54, 1.807) is 0 Å². The topological polar surface area (TPSA) is 20.3 Å². The number of allylic oxidation sites excluding steroid dienone is 3. The molecule has 0 radical (unpaired) electrons. The molecule has 0 aromatic heterocycles. The van der Waals surface area contributed by atoms with Crippen LogP contribution in [0.5, 0.6) is 0 Å². The second-order valence-electron chi connectivity index (χ2n) is 6.82. The molecule has 0 aromatic carbocycles. The molecule has 0 rings (SSSR count). The van der Waals surface area contributed by atoms with Gasteiger partial charge in [-0.15, -0.1) is 0 Å². The third-order valence-electron chi connectivity index (χ3n) is 3.68. The summed E-state index contributed by atoms with van der Waals surface area (Å²) in [5.41, 5.74) is 2.74. The van der Waals surface area contributed by atoms with Crippen molar-refractivity contribution in [3.8, 4) is 0 Å². The van der Waals surface area contributed by atoms with E-state index in [-0.39, 0.29) is 5.92 Å². The van der Waals surface area contributed by atoms with E-state index in [1.165, 1.54) is 11.1 Å². The fraction of sp³-hybridized carbons (Fsp3) is 0.737. The average Bonchev–Trinajstić information content (AvgIpc) is 2.40. The molecule has 0 heterocycles. The number of nitrogens with zero attached hydrogens (tertiary/aromatic N) is 1. The van der Waals surface area contributed by atoms with Crippen LogP contribution in [-0.4, -0.2) is 23.9 Å². The lowest BCUT2D eigenvalue weighted by Gasteiger charge is -2.26. The molecular weight excluding hydrogens is 258 g/mol. The summed E-state index contributed by atoms with van der Waals surface area (Å²) in [6.07, 6.45) is 7.58. The maximum Gasteiger partial charge on any atom is 0.225 e. The van der Waals surface area contributed by atoms with E-state index in [1.807, 2.05) is 11.8 Å². The van der Waals surface area contributed by atoms with Gasteiger partial charge < -0.3 is 4.90 Å². The van der Waals surface area contributed by atoms with Crippen LogP contribution in [0.1, 0.15) is 67.7 Å². The van der Waals surface area contributed by atoms with Crippen molar-refractivity contribution in [2.24, 2.45) is 11.8 Å². The molecule has 1 unspecified atom stereocenters. The Hall–Kier alpha value is -1.05. The highest BCUT2D eigenvalue weighted by molar-refractivity contribution is 5.78. The number of carbonyl (C=O) groups is 1. The molecule has 0 aliphatic carbocycles. The Kier molecular flexibility index (Phi) is 10.1. The van der Waals surface area contributed by atoms with Crippen LogP contribution >= 0.6 is 0 Å². The first-order valence-corrected chi connectivity index (χ1v) is 8.35. The zero-order valence-corrected chi connectivity index (χ0v) is 15.2. The molecule has 0 N–H and O–H groups in total. The molecule has 2 nitrogen and oxygen atoms in total. The first-order chi connectivity index (χ1) is 9.77. The molecule has 0 fully saturated rings. The van der Waals surface area contributed by atoms with Gasteiger partial charge in [0.1, 0.15) is 0 Å². The fourth-order valence-corrected chi connectivity index (χ4v) is 2.14. The molecule has 0 aromatic rings. The molecule has 1 atom stereocenters. The lowest BCUT2D eigenvalue weighted by Crippen LogP contribution is -2.37. The van der Waals surface area contributed by atoms with Gasteiger partial charge >= 0.3 is 0 Å². The fourth-order valence-electron chi connectivity index (χ4n) is 2.14. The third kappa shape index (κ3) is 9.49. The lowest BCUT2D eigenvalue weighted by molar-refractivity contribution is -0.135. The van der Waals surface area contributed by atoms with Crippen molar-refractivity contribution in [2.45, 2.75) is 67.7 Å². The quantitative estimate of drug-likeness (QED) is 0.534. The smallest absolute Gasteiger partial charge is 0.225 e. The van der Waals surface area contributed by atoms with E-state index in [2.05, 4.69) is 53.7 Å². The van der Waals surface area contributed by atoms with Gasteiger partial charge in [0, 0.05) is 19.0 Å². The number of amides is 1. The summed E-state index contributed by atoms with van der Waals surface area (Å²) in [5, 5.41) is 0. The van der Waals surface area contributed by atoms with Crippen LogP contribution in [0.4, 0.5) is 0 Å². The zero-order chi connectivity index (χ0) is 16.4. The van der Waals surface area contributed by atoms with E-state index >= 15 is 0 Å². The van der Waals surface area contributed by atoms with Gasteiger partial charge in [0.15, 0.2) is 0 Å². The monoisotopic (exact) mass is 293 g/mol. The summed E-state index contributed by atoms with van der Waals surface area (Å²) in [5.74, 6) is 0.931. The van der Waals surface area contributed by atoms with Crippen LogP contribution in [-0.2, 0) is 4.79 Å². The van der Waals surface area contributed by atoms with Crippen molar-refractivity contribution in [2.75, 3.05) is 13.1 Å². The third-order valence-corrected chi connectivity index (χ3v) is 3.68. The summed E-state index contributed by atoms with van der Waals surface area (Å²) in [6, 6.07) is 0. The molecule has 122 valence electrons. The predicted octanol–water partition coefficient (Wildman–Crippen LogP) is 5.21. The van der Waals surface area contributed by atoms with Gasteiger partial charge in [-0.05, 0) is 46.0 Å². The summed E-state index contributed by atoms with van der Waals surface area (Å²) < 4.78 is 0. The number of carbonyl (C=O) groups excluding carboxylic acids is 1. The Balaban J connectivity index is 4.59. The van der Waals surface area contributed by atoms with Crippen LogP contribution in [0.3, 0.4) is 0 Å². The van der Waals surface area contributed by atoms with Gasteiger partial charge in [0.2, 0.25) is 5.91 Å². The van der Waals surface area contributed by atoms with E-state index in [0.29, 0.717) is 11.8 Å². The van der Waals surface area contributed by atoms with Crippen molar-refractivity contribution in [1.82, 2.24) is 4.90 Å². The minimum atomic E-state index is 0.128. The Morgan fingerprint density at radius 2 is 1.71 bits per heavy atom. The molecule has 1 amide bonds. The van der Waals surface area contributed by atoms with E-state index in [0.717, 1.165) is 32.4 Å². The predicted molar refractivity (Wildman–Crippen MR) is 93.3 cm³/mol. The molecule has 0 aliphatic heterocycles. The minimum Gasteiger partial charge on any atom is -0.338 e. The average molecular weight is 293 g/mol. The summed E-state index contributed by atoms with van der Waals surface area (Å²) >= 11 is 0. The standard InChI is InChI=1S/C19H35NO/c1-8-18(7)19(21)20(14-16(4)5)13-12-17(6)11-9-10-15(2)3/h10,12,16,18H,8-9,11,13-14H2,1-7H3. The molecular formula is C19H35NO. The van der Waals surface area contributed by atoms with Crippen LogP contribution in [0.2, 0.25) is 0 Å². The minimum absolute atomic E-state index is 0.128. The summed E-state index contributed by atoms with van der Waals surface area (Å²) in [4.78, 5) is 14.4. The highest BCUT2D eigenvalue weighted by Crippen LogP contribution is 2.11. The van der Waals surface area contributed by atoms with Crippen molar-refractivity contribution in [3.05, 3.63) is 23.3 Å². The Morgan fingerprint density at radius 3 is 2.19 bits per heavy atom. The van der Waals surface area contributed by atoms with Crippen LogP contribution < -0.4 is 0 Å². The van der Waals surface area contributed by atoms with Gasteiger partial charge in [-0.1, -0.05) is 51.0 Å². The molecule has 2 heteroatoms. The summed E-state index contributed by atoms with van der Waals surface area (Å²) in [7, 11) is 0. The van der Waals surface area contributed by atoms with Gasteiger partial charge in [0.25, 0.3) is 0 Å². The van der Waals surface area contributed by atoms with E-state index in [4.69, 9.17) is 0 Å². The summed E-state index contributed by atoms with van der Waals surface area (Å²) in [6.45, 7) is 16.5. The zero-order valence-electron chi connectivity index (χ0n) is 15.2. The maximum absolute atomic E-state index is 12.4.